The summed E-state index contributed by atoms with van der Waals surface area (Å²) in [4.78, 5) is 8.42. The molecule has 0 aliphatic carbocycles. The van der Waals surface area contributed by atoms with Gasteiger partial charge in [-0.05, 0) is 28.8 Å². The lowest BCUT2D eigenvalue weighted by Crippen LogP contribution is -2.37. The highest BCUT2D eigenvalue weighted by molar-refractivity contribution is 9.10. The summed E-state index contributed by atoms with van der Waals surface area (Å²) >= 11 is 3.29. The van der Waals surface area contributed by atoms with E-state index in [4.69, 9.17) is 5.73 Å². The van der Waals surface area contributed by atoms with Crippen LogP contribution in [0.1, 0.15) is 32.5 Å². The van der Waals surface area contributed by atoms with Gasteiger partial charge in [-0.1, -0.05) is 13.8 Å². The Morgan fingerprint density at radius 1 is 1.31 bits per heavy atom. The van der Waals surface area contributed by atoms with Gasteiger partial charge in [0.2, 0.25) is 0 Å². The molecule has 0 fully saturated rings. The Morgan fingerprint density at radius 3 is 2.15 bits per heavy atom. The van der Waals surface area contributed by atoms with E-state index >= 15 is 0 Å². The zero-order chi connectivity index (χ0) is 9.90. The maximum Gasteiger partial charge on any atom is 0.148 e. The van der Waals surface area contributed by atoms with E-state index in [1.807, 2.05) is 0 Å². The molecule has 1 aromatic rings. The van der Waals surface area contributed by atoms with Gasteiger partial charge < -0.3 is 5.73 Å². The van der Waals surface area contributed by atoms with Crippen LogP contribution in [0.25, 0.3) is 0 Å². The lowest BCUT2D eigenvalue weighted by atomic mass is 9.93. The van der Waals surface area contributed by atoms with Crippen molar-refractivity contribution < 1.29 is 0 Å². The van der Waals surface area contributed by atoms with Crippen LogP contribution >= 0.6 is 15.9 Å². The Hall–Kier alpha value is -0.480. The van der Waals surface area contributed by atoms with Gasteiger partial charge in [0.1, 0.15) is 5.82 Å². The third-order valence-corrected chi connectivity index (χ3v) is 2.74. The molecule has 1 rings (SSSR count). The predicted octanol–water partition coefficient (Wildman–Crippen LogP) is 2.21. The van der Waals surface area contributed by atoms with Crippen LogP contribution in [-0.2, 0) is 5.54 Å². The summed E-state index contributed by atoms with van der Waals surface area (Å²) in [5.74, 6) is 0.723. The Balaban J connectivity index is 2.99. The van der Waals surface area contributed by atoms with E-state index in [1.165, 1.54) is 0 Å². The molecule has 0 bridgehead atoms. The van der Waals surface area contributed by atoms with E-state index in [1.54, 1.807) is 12.4 Å². The highest BCUT2D eigenvalue weighted by Gasteiger charge is 2.25. The van der Waals surface area contributed by atoms with Crippen LogP contribution in [0.3, 0.4) is 0 Å². The molecule has 1 aromatic heterocycles. The van der Waals surface area contributed by atoms with Crippen molar-refractivity contribution in [3.8, 4) is 0 Å². The zero-order valence-corrected chi connectivity index (χ0v) is 9.50. The largest absolute Gasteiger partial charge is 0.319 e. The van der Waals surface area contributed by atoms with Crippen LogP contribution in [0.5, 0.6) is 0 Å². The number of rotatable bonds is 3. The Bertz CT molecular complexity index is 267. The molecule has 0 aliphatic rings. The molecule has 4 heteroatoms. The summed E-state index contributed by atoms with van der Waals surface area (Å²) in [7, 11) is 0. The summed E-state index contributed by atoms with van der Waals surface area (Å²) in [5.41, 5.74) is 5.75. The minimum absolute atomic E-state index is 0.374. The van der Waals surface area contributed by atoms with Gasteiger partial charge in [-0.3, -0.25) is 0 Å². The highest BCUT2D eigenvalue weighted by Crippen LogP contribution is 2.22. The highest BCUT2D eigenvalue weighted by atomic mass is 79.9. The van der Waals surface area contributed by atoms with Crippen LogP contribution < -0.4 is 5.73 Å². The molecule has 0 atom stereocenters. The van der Waals surface area contributed by atoms with E-state index in [2.05, 4.69) is 39.7 Å². The SMILES string of the molecule is CCC(N)(CC)c1ncc(Br)cn1. The molecule has 0 aromatic carbocycles. The second-order valence-corrected chi connectivity index (χ2v) is 4.00. The standard InChI is InChI=1S/C9H14BrN3/c1-3-9(11,4-2)8-12-5-7(10)6-13-8/h5-6H,3-4,11H2,1-2H3. The molecule has 0 unspecified atom stereocenters. The maximum atomic E-state index is 6.13. The van der Waals surface area contributed by atoms with Gasteiger partial charge in [0.05, 0.1) is 10.0 Å². The third kappa shape index (κ3) is 2.25. The second-order valence-electron chi connectivity index (χ2n) is 3.09. The van der Waals surface area contributed by atoms with Crippen molar-refractivity contribution in [2.24, 2.45) is 5.73 Å². The predicted molar refractivity (Wildman–Crippen MR) is 56.2 cm³/mol. The van der Waals surface area contributed by atoms with Gasteiger partial charge in [0, 0.05) is 12.4 Å². The first-order valence-corrected chi connectivity index (χ1v) is 5.18. The molecular weight excluding hydrogens is 230 g/mol. The molecule has 0 aliphatic heterocycles. The van der Waals surface area contributed by atoms with Crippen LogP contribution in [0, 0.1) is 0 Å². The molecule has 0 saturated heterocycles. The number of halogens is 1. The van der Waals surface area contributed by atoms with Gasteiger partial charge in [-0.25, -0.2) is 9.97 Å². The fraction of sp³-hybridized carbons (Fsp3) is 0.556. The first kappa shape index (κ1) is 10.6. The van der Waals surface area contributed by atoms with Crippen molar-refractivity contribution in [3.63, 3.8) is 0 Å². The van der Waals surface area contributed by atoms with Crippen LogP contribution in [0.4, 0.5) is 0 Å². The summed E-state index contributed by atoms with van der Waals surface area (Å²) in [6.07, 6.45) is 5.17. The quantitative estimate of drug-likeness (QED) is 0.886. The van der Waals surface area contributed by atoms with E-state index < -0.39 is 0 Å². The van der Waals surface area contributed by atoms with E-state index in [-0.39, 0.29) is 5.54 Å². The fourth-order valence-corrected chi connectivity index (χ4v) is 1.34. The van der Waals surface area contributed by atoms with Gasteiger partial charge in [0.25, 0.3) is 0 Å². The van der Waals surface area contributed by atoms with E-state index in [9.17, 15) is 0 Å². The second kappa shape index (κ2) is 4.15. The normalized spacial score (nSPS) is 11.7. The molecule has 0 saturated carbocycles. The van der Waals surface area contributed by atoms with Crippen molar-refractivity contribution in [1.82, 2.24) is 9.97 Å². The molecule has 72 valence electrons. The third-order valence-electron chi connectivity index (χ3n) is 2.33. The minimum atomic E-state index is -0.374. The van der Waals surface area contributed by atoms with Crippen molar-refractivity contribution in [2.75, 3.05) is 0 Å². The number of aromatic nitrogens is 2. The van der Waals surface area contributed by atoms with Crippen molar-refractivity contribution in [1.29, 1.82) is 0 Å². The summed E-state index contributed by atoms with van der Waals surface area (Å²) in [6.45, 7) is 4.10. The lowest BCUT2D eigenvalue weighted by molar-refractivity contribution is 0.387. The molecule has 2 N–H and O–H groups in total. The Kier molecular flexibility index (Phi) is 3.39. The van der Waals surface area contributed by atoms with Crippen LogP contribution in [-0.4, -0.2) is 9.97 Å². The van der Waals surface area contributed by atoms with Gasteiger partial charge in [0.15, 0.2) is 0 Å². The van der Waals surface area contributed by atoms with Crippen LogP contribution in [0.15, 0.2) is 16.9 Å². The molecule has 0 spiro atoms. The summed E-state index contributed by atoms with van der Waals surface area (Å²) in [5, 5.41) is 0. The Morgan fingerprint density at radius 2 is 1.77 bits per heavy atom. The molecule has 0 radical (unpaired) electrons. The monoisotopic (exact) mass is 243 g/mol. The molecule has 0 amide bonds. The maximum absolute atomic E-state index is 6.13. The first-order valence-electron chi connectivity index (χ1n) is 4.39. The number of nitrogens with two attached hydrogens (primary N) is 1. The van der Waals surface area contributed by atoms with Gasteiger partial charge in [-0.15, -0.1) is 0 Å². The molecule has 13 heavy (non-hydrogen) atoms. The van der Waals surface area contributed by atoms with E-state index in [0.29, 0.717) is 0 Å². The van der Waals surface area contributed by atoms with Crippen LogP contribution in [0.2, 0.25) is 0 Å². The van der Waals surface area contributed by atoms with Crippen molar-refractivity contribution in [3.05, 3.63) is 22.7 Å². The topological polar surface area (TPSA) is 51.8 Å². The zero-order valence-electron chi connectivity index (χ0n) is 7.92. The number of hydrogen-bond acceptors (Lipinski definition) is 3. The van der Waals surface area contributed by atoms with Crippen molar-refractivity contribution in [2.45, 2.75) is 32.2 Å². The smallest absolute Gasteiger partial charge is 0.148 e. The summed E-state index contributed by atoms with van der Waals surface area (Å²) < 4.78 is 0.880. The van der Waals surface area contributed by atoms with E-state index in [0.717, 1.165) is 23.1 Å². The fourth-order valence-electron chi connectivity index (χ4n) is 1.14. The minimum Gasteiger partial charge on any atom is -0.319 e. The average molecular weight is 244 g/mol. The van der Waals surface area contributed by atoms with Crippen molar-refractivity contribution >= 4 is 15.9 Å². The average Bonchev–Trinajstić information content (AvgIpc) is 2.18. The Labute approximate surface area is 86.9 Å². The molecule has 3 nitrogen and oxygen atoms in total. The lowest BCUT2D eigenvalue weighted by Gasteiger charge is -2.24. The summed E-state index contributed by atoms with van der Waals surface area (Å²) in [6, 6.07) is 0. The first-order chi connectivity index (χ1) is 6.12. The van der Waals surface area contributed by atoms with Gasteiger partial charge >= 0.3 is 0 Å². The van der Waals surface area contributed by atoms with Gasteiger partial charge in [-0.2, -0.15) is 0 Å². The number of hydrogen-bond donors (Lipinski definition) is 1. The molecule has 1 heterocycles. The molecular formula is C9H14BrN3. The number of nitrogens with zero attached hydrogens (tertiary/aromatic N) is 2.